The minimum Gasteiger partial charge on any atom is -0.481 e. The quantitative estimate of drug-likeness (QED) is 0.472. The van der Waals surface area contributed by atoms with Crippen LogP contribution in [0.1, 0.15) is 20.3 Å². The van der Waals surface area contributed by atoms with Gasteiger partial charge in [-0.3, -0.25) is 9.59 Å². The van der Waals surface area contributed by atoms with Crippen LogP contribution in [0.3, 0.4) is 0 Å². The summed E-state index contributed by atoms with van der Waals surface area (Å²) >= 11 is 0. The van der Waals surface area contributed by atoms with Crippen molar-refractivity contribution in [2.75, 3.05) is 13.2 Å². The summed E-state index contributed by atoms with van der Waals surface area (Å²) in [6, 6.07) is 0. The highest BCUT2D eigenvalue weighted by atomic mass is 16.5. The van der Waals surface area contributed by atoms with Gasteiger partial charge >= 0.3 is 5.97 Å². The van der Waals surface area contributed by atoms with Gasteiger partial charge in [0.05, 0.1) is 0 Å². The zero-order valence-electron chi connectivity index (χ0n) is 8.93. The molecule has 2 unspecified atom stereocenters. The van der Waals surface area contributed by atoms with Crippen molar-refractivity contribution in [2.45, 2.75) is 20.3 Å². The van der Waals surface area contributed by atoms with Crippen LogP contribution in [-0.2, 0) is 19.1 Å². The van der Waals surface area contributed by atoms with Crippen LogP contribution in [-0.4, -0.2) is 36.4 Å². The molecule has 1 N–H and O–H groups in total. The topological polar surface area (TPSA) is 80.7 Å². The lowest BCUT2D eigenvalue weighted by Gasteiger charge is -2.16. The summed E-state index contributed by atoms with van der Waals surface area (Å²) in [5.74, 6) is -3.33. The smallest absolute Gasteiger partial charge is 0.314 e. The van der Waals surface area contributed by atoms with Crippen molar-refractivity contribution < 1.29 is 24.2 Å². The minimum absolute atomic E-state index is 0.0643. The zero-order chi connectivity index (χ0) is 11.8. The summed E-state index contributed by atoms with van der Waals surface area (Å²) in [5, 5.41) is 8.85. The van der Waals surface area contributed by atoms with Gasteiger partial charge in [-0.15, -0.1) is 0 Å². The SMILES string of the molecule is CCOCC(=O)C(C(=O)O)C(C)CC=O. The number of rotatable bonds is 8. The molecule has 0 rings (SSSR count). The predicted molar refractivity (Wildman–Crippen MR) is 52.5 cm³/mol. The van der Waals surface area contributed by atoms with Gasteiger partial charge in [0.15, 0.2) is 5.78 Å². The Morgan fingerprint density at radius 2 is 2.07 bits per heavy atom. The Morgan fingerprint density at radius 1 is 1.47 bits per heavy atom. The fourth-order valence-electron chi connectivity index (χ4n) is 1.28. The molecule has 0 aliphatic carbocycles. The van der Waals surface area contributed by atoms with Crippen molar-refractivity contribution in [2.24, 2.45) is 11.8 Å². The largest absolute Gasteiger partial charge is 0.481 e. The van der Waals surface area contributed by atoms with E-state index >= 15 is 0 Å². The maximum atomic E-state index is 11.4. The van der Waals surface area contributed by atoms with E-state index < -0.39 is 23.6 Å². The predicted octanol–water partition coefficient (Wildman–Crippen LogP) is 0.518. The summed E-state index contributed by atoms with van der Waals surface area (Å²) in [5.41, 5.74) is 0. The van der Waals surface area contributed by atoms with E-state index in [2.05, 4.69) is 0 Å². The number of carboxylic acids is 1. The Morgan fingerprint density at radius 3 is 2.47 bits per heavy atom. The molecule has 2 atom stereocenters. The number of Topliss-reactive ketones (excluding diaryl/α,β-unsaturated/α-hetero) is 1. The van der Waals surface area contributed by atoms with Gasteiger partial charge in [0.1, 0.15) is 18.8 Å². The lowest BCUT2D eigenvalue weighted by atomic mass is 9.88. The zero-order valence-corrected chi connectivity index (χ0v) is 8.93. The summed E-state index contributed by atoms with van der Waals surface area (Å²) in [4.78, 5) is 32.5. The van der Waals surface area contributed by atoms with E-state index in [0.29, 0.717) is 12.9 Å². The van der Waals surface area contributed by atoms with Gasteiger partial charge < -0.3 is 14.6 Å². The third-order valence-electron chi connectivity index (χ3n) is 2.10. The molecule has 0 aliphatic rings. The fraction of sp³-hybridized carbons (Fsp3) is 0.700. The van der Waals surface area contributed by atoms with Crippen molar-refractivity contribution in [3.8, 4) is 0 Å². The number of hydrogen-bond acceptors (Lipinski definition) is 4. The van der Waals surface area contributed by atoms with E-state index in [-0.39, 0.29) is 13.0 Å². The highest BCUT2D eigenvalue weighted by molar-refractivity contribution is 5.99. The molecule has 0 aliphatic heterocycles. The number of hydrogen-bond donors (Lipinski definition) is 1. The molecule has 0 aromatic heterocycles. The van der Waals surface area contributed by atoms with Gasteiger partial charge in [-0.05, 0) is 12.8 Å². The van der Waals surface area contributed by atoms with Gasteiger partial charge in [-0.25, -0.2) is 0 Å². The van der Waals surface area contributed by atoms with Gasteiger partial charge in [0, 0.05) is 13.0 Å². The monoisotopic (exact) mass is 216 g/mol. The third kappa shape index (κ3) is 4.69. The molecule has 5 heteroatoms. The molecule has 0 aromatic rings. The van der Waals surface area contributed by atoms with Crippen LogP contribution in [0.15, 0.2) is 0 Å². The Hall–Kier alpha value is -1.23. The molecule has 0 amide bonds. The maximum Gasteiger partial charge on any atom is 0.314 e. The summed E-state index contributed by atoms with van der Waals surface area (Å²) in [7, 11) is 0. The number of ether oxygens (including phenoxy) is 1. The van der Waals surface area contributed by atoms with Gasteiger partial charge in [0.2, 0.25) is 0 Å². The molecule has 5 nitrogen and oxygen atoms in total. The first kappa shape index (κ1) is 13.8. The van der Waals surface area contributed by atoms with Crippen LogP contribution in [0, 0.1) is 11.8 Å². The highest BCUT2D eigenvalue weighted by Gasteiger charge is 2.31. The molecule has 0 fully saturated rings. The van der Waals surface area contributed by atoms with Crippen molar-refractivity contribution in [3.63, 3.8) is 0 Å². The average Bonchev–Trinajstić information content (AvgIpc) is 2.14. The molecule has 0 spiro atoms. The van der Waals surface area contributed by atoms with E-state index in [4.69, 9.17) is 9.84 Å². The fourth-order valence-corrected chi connectivity index (χ4v) is 1.28. The van der Waals surface area contributed by atoms with Crippen LogP contribution in [0.5, 0.6) is 0 Å². The Kier molecular flexibility index (Phi) is 6.53. The molecule has 86 valence electrons. The Balaban J connectivity index is 4.43. The number of aliphatic carboxylic acids is 1. The van der Waals surface area contributed by atoms with E-state index in [1.54, 1.807) is 13.8 Å². The van der Waals surface area contributed by atoms with Crippen molar-refractivity contribution in [1.82, 2.24) is 0 Å². The highest BCUT2D eigenvalue weighted by Crippen LogP contribution is 2.16. The third-order valence-corrected chi connectivity index (χ3v) is 2.10. The summed E-state index contributed by atoms with van der Waals surface area (Å²) in [6.45, 7) is 3.44. The molecule has 0 saturated heterocycles. The van der Waals surface area contributed by atoms with Gasteiger partial charge in [0.25, 0.3) is 0 Å². The van der Waals surface area contributed by atoms with Crippen molar-refractivity contribution >= 4 is 18.0 Å². The van der Waals surface area contributed by atoms with E-state index in [1.165, 1.54) is 0 Å². The standard InChI is InChI=1S/C10H16O5/c1-3-15-6-8(12)9(10(13)14)7(2)4-5-11/h5,7,9H,3-4,6H2,1-2H3,(H,13,14). The minimum atomic E-state index is -1.20. The summed E-state index contributed by atoms with van der Waals surface area (Å²) in [6.07, 6.45) is 0.684. The van der Waals surface area contributed by atoms with Crippen molar-refractivity contribution in [3.05, 3.63) is 0 Å². The first-order valence-electron chi connectivity index (χ1n) is 4.81. The molecule has 0 heterocycles. The lowest BCUT2D eigenvalue weighted by Crippen LogP contribution is -2.33. The second kappa shape index (κ2) is 7.11. The maximum absolute atomic E-state index is 11.4. The van der Waals surface area contributed by atoms with Crippen LogP contribution in [0.4, 0.5) is 0 Å². The molecular weight excluding hydrogens is 200 g/mol. The second-order valence-corrected chi connectivity index (χ2v) is 3.30. The van der Waals surface area contributed by atoms with E-state index in [0.717, 1.165) is 0 Å². The molecule has 0 bridgehead atoms. The van der Waals surface area contributed by atoms with Gasteiger partial charge in [-0.2, -0.15) is 0 Å². The van der Waals surface area contributed by atoms with Crippen LogP contribution < -0.4 is 0 Å². The number of ketones is 1. The molecule has 0 aromatic carbocycles. The van der Waals surface area contributed by atoms with Gasteiger partial charge in [-0.1, -0.05) is 6.92 Å². The molecular formula is C10H16O5. The Bertz CT molecular complexity index is 236. The Labute approximate surface area is 88.4 Å². The average molecular weight is 216 g/mol. The number of carbonyl (C=O) groups excluding carboxylic acids is 2. The number of aldehydes is 1. The van der Waals surface area contributed by atoms with E-state index in [1.807, 2.05) is 0 Å². The van der Waals surface area contributed by atoms with Crippen LogP contribution >= 0.6 is 0 Å². The van der Waals surface area contributed by atoms with Crippen LogP contribution in [0.2, 0.25) is 0 Å². The molecule has 15 heavy (non-hydrogen) atoms. The molecule has 0 radical (unpaired) electrons. The number of carboxylic acid groups (broad SMARTS) is 1. The van der Waals surface area contributed by atoms with Crippen LogP contribution in [0.25, 0.3) is 0 Å². The van der Waals surface area contributed by atoms with Crippen molar-refractivity contribution in [1.29, 1.82) is 0 Å². The lowest BCUT2D eigenvalue weighted by molar-refractivity contribution is -0.150. The summed E-state index contributed by atoms with van der Waals surface area (Å²) < 4.78 is 4.85. The van der Waals surface area contributed by atoms with E-state index in [9.17, 15) is 14.4 Å². The first-order chi connectivity index (χ1) is 7.04. The number of carbonyl (C=O) groups is 3. The molecule has 0 saturated carbocycles. The first-order valence-corrected chi connectivity index (χ1v) is 4.81. The normalized spacial score (nSPS) is 14.3. The second-order valence-electron chi connectivity index (χ2n) is 3.30.